The predicted octanol–water partition coefficient (Wildman–Crippen LogP) is 0.832. The van der Waals surface area contributed by atoms with Crippen LogP contribution < -0.4 is 11.5 Å². The number of carboxylic acids is 1. The first kappa shape index (κ1) is 15.6. The standard InChI is InChI=1S/C9H11FN4.C2H4O2/c1-6-3-2-4-8(10)7(6)5-13-14-9(11)12;1-2(3)4/h2-5H,1H3,(H4,11,12,14);1H3,(H,3,4)/b13-5+;. The molecular weight excluding hydrogens is 239 g/mol. The number of hydrogen-bond acceptors (Lipinski definition) is 3. The van der Waals surface area contributed by atoms with Crippen molar-refractivity contribution in [2.75, 3.05) is 0 Å². The van der Waals surface area contributed by atoms with E-state index in [2.05, 4.69) is 10.2 Å². The number of benzene rings is 1. The monoisotopic (exact) mass is 254 g/mol. The summed E-state index contributed by atoms with van der Waals surface area (Å²) < 4.78 is 13.2. The average molecular weight is 254 g/mol. The van der Waals surface area contributed by atoms with Gasteiger partial charge in [0.25, 0.3) is 5.97 Å². The molecule has 7 heteroatoms. The molecule has 0 aliphatic heterocycles. The largest absolute Gasteiger partial charge is 0.481 e. The van der Waals surface area contributed by atoms with Crippen LogP contribution in [0.5, 0.6) is 0 Å². The Morgan fingerprint density at radius 2 is 2.00 bits per heavy atom. The average Bonchev–Trinajstić information content (AvgIpc) is 2.21. The molecule has 6 nitrogen and oxygen atoms in total. The molecule has 1 aromatic rings. The van der Waals surface area contributed by atoms with Crippen LogP contribution in [-0.4, -0.2) is 23.2 Å². The second-order valence-corrected chi connectivity index (χ2v) is 3.26. The zero-order chi connectivity index (χ0) is 14.1. The molecule has 0 aliphatic carbocycles. The van der Waals surface area contributed by atoms with Crippen molar-refractivity contribution in [1.82, 2.24) is 0 Å². The normalized spacial score (nSPS) is 9.50. The number of nitrogens with two attached hydrogens (primary N) is 2. The number of halogens is 1. The molecule has 0 amide bonds. The Hall–Kier alpha value is -2.44. The van der Waals surface area contributed by atoms with Crippen LogP contribution in [0.1, 0.15) is 18.1 Å². The molecule has 0 saturated carbocycles. The molecule has 98 valence electrons. The second-order valence-electron chi connectivity index (χ2n) is 3.26. The molecule has 0 bridgehead atoms. The predicted molar refractivity (Wildman–Crippen MR) is 67.9 cm³/mol. The quantitative estimate of drug-likeness (QED) is 0.412. The van der Waals surface area contributed by atoms with Gasteiger partial charge >= 0.3 is 0 Å². The van der Waals surface area contributed by atoms with Gasteiger partial charge in [0.1, 0.15) is 5.82 Å². The Balaban J connectivity index is 0.000000631. The van der Waals surface area contributed by atoms with Crippen LogP contribution in [0.3, 0.4) is 0 Å². The number of hydrogen-bond donors (Lipinski definition) is 3. The highest BCUT2D eigenvalue weighted by Gasteiger charge is 2.00. The van der Waals surface area contributed by atoms with E-state index in [0.29, 0.717) is 5.56 Å². The zero-order valence-electron chi connectivity index (χ0n) is 10.1. The Labute approximate surface area is 104 Å². The molecule has 0 aliphatic rings. The summed E-state index contributed by atoms with van der Waals surface area (Å²) in [6.45, 7) is 2.86. The molecule has 0 heterocycles. The lowest BCUT2D eigenvalue weighted by molar-refractivity contribution is -0.134. The van der Waals surface area contributed by atoms with Gasteiger partial charge in [-0.3, -0.25) is 4.79 Å². The smallest absolute Gasteiger partial charge is 0.300 e. The van der Waals surface area contributed by atoms with Gasteiger partial charge in [-0.25, -0.2) is 4.39 Å². The number of nitrogens with zero attached hydrogens (tertiary/aromatic N) is 2. The molecule has 0 atom stereocenters. The number of carboxylic acid groups (broad SMARTS) is 1. The minimum atomic E-state index is -0.833. The molecule has 0 fully saturated rings. The summed E-state index contributed by atoms with van der Waals surface area (Å²) in [5.41, 5.74) is 11.3. The van der Waals surface area contributed by atoms with Crippen LogP contribution in [0.2, 0.25) is 0 Å². The molecule has 0 saturated heterocycles. The van der Waals surface area contributed by atoms with Gasteiger partial charge in [-0.2, -0.15) is 5.10 Å². The molecule has 0 unspecified atom stereocenters. The van der Waals surface area contributed by atoms with Crippen LogP contribution in [0.15, 0.2) is 28.4 Å². The van der Waals surface area contributed by atoms with E-state index in [4.69, 9.17) is 21.4 Å². The van der Waals surface area contributed by atoms with Gasteiger partial charge in [0.15, 0.2) is 0 Å². The van der Waals surface area contributed by atoms with E-state index in [9.17, 15) is 4.39 Å². The third kappa shape index (κ3) is 6.94. The third-order valence-corrected chi connectivity index (χ3v) is 1.63. The zero-order valence-corrected chi connectivity index (χ0v) is 10.1. The summed E-state index contributed by atoms with van der Waals surface area (Å²) in [5.74, 6) is -1.34. The summed E-state index contributed by atoms with van der Waals surface area (Å²) in [6, 6.07) is 4.76. The van der Waals surface area contributed by atoms with E-state index in [1.54, 1.807) is 19.1 Å². The fraction of sp³-hybridized carbons (Fsp3) is 0.182. The SMILES string of the molecule is CC(=O)O.Cc1cccc(F)c1/C=N/N=C(N)N. The minimum Gasteiger partial charge on any atom is -0.481 e. The lowest BCUT2D eigenvalue weighted by atomic mass is 10.1. The number of aryl methyl sites for hydroxylation is 1. The van der Waals surface area contributed by atoms with Gasteiger partial charge in [0, 0.05) is 12.5 Å². The van der Waals surface area contributed by atoms with Gasteiger partial charge in [-0.05, 0) is 18.6 Å². The van der Waals surface area contributed by atoms with E-state index in [0.717, 1.165) is 12.5 Å². The highest BCUT2D eigenvalue weighted by molar-refractivity contribution is 5.83. The summed E-state index contributed by atoms with van der Waals surface area (Å²) in [7, 11) is 0. The fourth-order valence-corrected chi connectivity index (χ4v) is 0.962. The molecule has 1 rings (SSSR count). The van der Waals surface area contributed by atoms with Gasteiger partial charge in [-0.1, -0.05) is 12.1 Å². The summed E-state index contributed by atoms with van der Waals surface area (Å²) in [6.07, 6.45) is 1.28. The first-order valence-corrected chi connectivity index (χ1v) is 4.91. The maximum atomic E-state index is 13.2. The van der Waals surface area contributed by atoms with Crippen LogP contribution in [0.25, 0.3) is 0 Å². The van der Waals surface area contributed by atoms with Crippen molar-refractivity contribution < 1.29 is 14.3 Å². The lowest BCUT2D eigenvalue weighted by Crippen LogP contribution is -2.21. The topological polar surface area (TPSA) is 114 Å². The van der Waals surface area contributed by atoms with E-state index >= 15 is 0 Å². The van der Waals surface area contributed by atoms with Gasteiger partial charge in [0.2, 0.25) is 5.96 Å². The Morgan fingerprint density at radius 1 is 1.44 bits per heavy atom. The molecular formula is C11H15FN4O2. The van der Waals surface area contributed by atoms with Gasteiger partial charge in [-0.15, -0.1) is 5.10 Å². The Kier molecular flexibility index (Phi) is 6.72. The second kappa shape index (κ2) is 7.77. The van der Waals surface area contributed by atoms with Crippen molar-refractivity contribution >= 4 is 18.1 Å². The molecule has 1 aromatic carbocycles. The summed E-state index contributed by atoms with van der Waals surface area (Å²) >= 11 is 0. The van der Waals surface area contributed by atoms with Crippen LogP contribution in [-0.2, 0) is 4.79 Å². The number of guanidine groups is 1. The molecule has 18 heavy (non-hydrogen) atoms. The van der Waals surface area contributed by atoms with Crippen molar-refractivity contribution in [3.8, 4) is 0 Å². The molecule has 0 aromatic heterocycles. The van der Waals surface area contributed by atoms with Crippen molar-refractivity contribution in [1.29, 1.82) is 0 Å². The number of rotatable bonds is 2. The molecule has 0 spiro atoms. The Morgan fingerprint density at radius 3 is 2.44 bits per heavy atom. The van der Waals surface area contributed by atoms with Crippen molar-refractivity contribution in [2.24, 2.45) is 21.7 Å². The Bertz CT molecular complexity index is 444. The fourth-order valence-electron chi connectivity index (χ4n) is 0.962. The maximum Gasteiger partial charge on any atom is 0.300 e. The van der Waals surface area contributed by atoms with E-state index in [1.165, 1.54) is 12.3 Å². The number of carbonyl (C=O) groups is 1. The minimum absolute atomic E-state index is 0.157. The van der Waals surface area contributed by atoms with Gasteiger partial charge < -0.3 is 16.6 Å². The highest BCUT2D eigenvalue weighted by atomic mass is 19.1. The van der Waals surface area contributed by atoms with Crippen molar-refractivity contribution in [2.45, 2.75) is 13.8 Å². The van der Waals surface area contributed by atoms with E-state index in [1.807, 2.05) is 0 Å². The van der Waals surface area contributed by atoms with Gasteiger partial charge in [0.05, 0.1) is 6.21 Å². The molecule has 0 radical (unpaired) electrons. The highest BCUT2D eigenvalue weighted by Crippen LogP contribution is 2.09. The van der Waals surface area contributed by atoms with Crippen LogP contribution in [0, 0.1) is 12.7 Å². The van der Waals surface area contributed by atoms with Crippen molar-refractivity contribution in [3.05, 3.63) is 35.1 Å². The third-order valence-electron chi connectivity index (χ3n) is 1.63. The van der Waals surface area contributed by atoms with Crippen LogP contribution in [0.4, 0.5) is 4.39 Å². The summed E-state index contributed by atoms with van der Waals surface area (Å²) in [4.78, 5) is 9.00. The first-order chi connectivity index (χ1) is 8.34. The molecule has 5 N–H and O–H groups in total. The van der Waals surface area contributed by atoms with Crippen molar-refractivity contribution in [3.63, 3.8) is 0 Å². The summed E-state index contributed by atoms with van der Waals surface area (Å²) in [5, 5.41) is 14.3. The van der Waals surface area contributed by atoms with Crippen LogP contribution >= 0.6 is 0 Å². The van der Waals surface area contributed by atoms with E-state index in [-0.39, 0.29) is 11.8 Å². The number of aliphatic carboxylic acids is 1. The lowest BCUT2D eigenvalue weighted by Gasteiger charge is -1.99. The van der Waals surface area contributed by atoms with E-state index < -0.39 is 5.97 Å². The first-order valence-electron chi connectivity index (χ1n) is 4.91. The maximum absolute atomic E-state index is 13.2.